The first-order chi connectivity index (χ1) is 5.31. The van der Waals surface area contributed by atoms with Crippen LogP contribution in [-0.4, -0.2) is 23.2 Å². The molecule has 1 aliphatic rings. The Bertz CT molecular complexity index is 229. The van der Waals surface area contributed by atoms with E-state index in [1.54, 1.807) is 6.21 Å². The molecular weight excluding hydrogens is 152 g/mol. The number of carbonyl (C=O) groups excluding carboxylic acids is 1. The second kappa shape index (κ2) is 2.66. The monoisotopic (exact) mass is 168 g/mol. The molecule has 0 bridgehead atoms. The van der Waals surface area contributed by atoms with Crippen molar-refractivity contribution in [2.24, 2.45) is 4.99 Å². The van der Waals surface area contributed by atoms with Crippen molar-refractivity contribution in [3.05, 3.63) is 0 Å². The summed E-state index contributed by atoms with van der Waals surface area (Å²) in [5.41, 5.74) is -0.341. The highest BCUT2D eigenvalue weighted by atomic mass is 16.1. The fraction of sp³-hybridized carbons (Fsp3) is 0.778. The van der Waals surface area contributed by atoms with Gasteiger partial charge in [-0.1, -0.05) is 0 Å². The van der Waals surface area contributed by atoms with Crippen LogP contribution in [0.1, 0.15) is 34.1 Å². The third-order valence-electron chi connectivity index (χ3n) is 1.79. The van der Waals surface area contributed by atoms with E-state index in [4.69, 9.17) is 0 Å². The number of hydrogen-bond donors (Lipinski definition) is 1. The van der Waals surface area contributed by atoms with Gasteiger partial charge >= 0.3 is 0 Å². The van der Waals surface area contributed by atoms with Gasteiger partial charge in [0.1, 0.15) is 0 Å². The number of nitrogens with one attached hydrogen (secondary N) is 1. The van der Waals surface area contributed by atoms with E-state index < -0.39 is 0 Å². The van der Waals surface area contributed by atoms with E-state index in [9.17, 15) is 4.79 Å². The molecule has 0 radical (unpaired) electrons. The Hall–Kier alpha value is -0.700. The Labute approximate surface area is 73.3 Å². The summed E-state index contributed by atoms with van der Waals surface area (Å²) >= 11 is 0. The first-order valence-electron chi connectivity index (χ1n) is 4.18. The molecule has 3 heteroatoms. The van der Waals surface area contributed by atoms with Gasteiger partial charge in [0.15, 0.2) is 0 Å². The van der Waals surface area contributed by atoms with Crippen LogP contribution in [0.25, 0.3) is 0 Å². The minimum atomic E-state index is -0.185. The summed E-state index contributed by atoms with van der Waals surface area (Å²) in [7, 11) is 0. The molecule has 68 valence electrons. The van der Waals surface area contributed by atoms with Gasteiger partial charge in [-0.05, 0) is 27.7 Å². The Kier molecular flexibility index (Phi) is 2.08. The molecule has 1 N–H and O–H groups in total. The van der Waals surface area contributed by atoms with Gasteiger partial charge in [0.05, 0.1) is 0 Å². The maximum atomic E-state index is 11.1. The molecule has 0 aromatic heterocycles. The Morgan fingerprint density at radius 2 is 2.00 bits per heavy atom. The highest BCUT2D eigenvalue weighted by molar-refractivity contribution is 5.89. The predicted octanol–water partition coefficient (Wildman–Crippen LogP) is 1.13. The van der Waals surface area contributed by atoms with Crippen molar-refractivity contribution in [2.45, 2.75) is 45.2 Å². The lowest BCUT2D eigenvalue weighted by molar-refractivity contribution is -0.118. The highest BCUT2D eigenvalue weighted by Crippen LogP contribution is 2.17. The number of rotatable bonds is 0. The largest absolute Gasteiger partial charge is 0.302 e. The lowest BCUT2D eigenvalue weighted by atomic mass is 9.96. The van der Waals surface area contributed by atoms with Crippen molar-refractivity contribution in [3.63, 3.8) is 0 Å². The van der Waals surface area contributed by atoms with Crippen LogP contribution in [0.15, 0.2) is 4.99 Å². The van der Waals surface area contributed by atoms with Gasteiger partial charge < -0.3 is 5.32 Å². The van der Waals surface area contributed by atoms with E-state index >= 15 is 0 Å². The lowest BCUT2D eigenvalue weighted by Gasteiger charge is -2.31. The average Bonchev–Trinajstić information content (AvgIpc) is 1.86. The molecule has 0 atom stereocenters. The van der Waals surface area contributed by atoms with E-state index in [0.29, 0.717) is 6.42 Å². The minimum absolute atomic E-state index is 0.0434. The predicted molar refractivity (Wildman–Crippen MR) is 49.4 cm³/mol. The number of nitrogens with zero attached hydrogens (tertiary/aromatic N) is 1. The summed E-state index contributed by atoms with van der Waals surface area (Å²) in [4.78, 5) is 15.0. The molecule has 0 aliphatic carbocycles. The zero-order valence-corrected chi connectivity index (χ0v) is 8.14. The van der Waals surface area contributed by atoms with Crippen molar-refractivity contribution in [2.75, 3.05) is 0 Å². The Morgan fingerprint density at radius 3 is 2.58 bits per heavy atom. The summed E-state index contributed by atoms with van der Waals surface area (Å²) in [5, 5.41) is 3.35. The molecule has 0 aromatic rings. The van der Waals surface area contributed by atoms with Crippen molar-refractivity contribution in [1.29, 1.82) is 0 Å². The van der Waals surface area contributed by atoms with E-state index in [1.165, 1.54) is 0 Å². The van der Waals surface area contributed by atoms with E-state index in [2.05, 4.69) is 10.3 Å². The van der Waals surface area contributed by atoms with Gasteiger partial charge in [0.2, 0.25) is 5.91 Å². The van der Waals surface area contributed by atoms with Crippen LogP contribution in [0.4, 0.5) is 0 Å². The SMILES string of the molecule is CC1(C)C=NC(=O)CC(C)(C)N1. The zero-order valence-electron chi connectivity index (χ0n) is 8.14. The molecule has 1 rings (SSSR count). The number of hydrogen-bond acceptors (Lipinski definition) is 2. The van der Waals surface area contributed by atoms with Gasteiger partial charge in [-0.2, -0.15) is 0 Å². The standard InChI is InChI=1S/C9H16N2O/c1-8(2)5-7(12)10-6-9(3,4)11-8/h6,11H,5H2,1-4H3. The van der Waals surface area contributed by atoms with Crippen LogP contribution in [0, 0.1) is 0 Å². The molecule has 1 heterocycles. The van der Waals surface area contributed by atoms with Crippen molar-refractivity contribution >= 4 is 12.1 Å². The van der Waals surface area contributed by atoms with Crippen molar-refractivity contribution in [1.82, 2.24) is 5.32 Å². The van der Waals surface area contributed by atoms with Crippen LogP contribution in [0.3, 0.4) is 0 Å². The smallest absolute Gasteiger partial charge is 0.247 e. The van der Waals surface area contributed by atoms with Crippen LogP contribution >= 0.6 is 0 Å². The fourth-order valence-corrected chi connectivity index (χ4v) is 1.61. The zero-order chi connectivity index (χ0) is 9.41. The minimum Gasteiger partial charge on any atom is -0.302 e. The number of amides is 1. The molecule has 12 heavy (non-hydrogen) atoms. The van der Waals surface area contributed by atoms with Crippen LogP contribution in [0.5, 0.6) is 0 Å². The normalized spacial score (nSPS) is 26.8. The molecule has 1 amide bonds. The highest BCUT2D eigenvalue weighted by Gasteiger charge is 2.30. The van der Waals surface area contributed by atoms with E-state index in [0.717, 1.165) is 0 Å². The van der Waals surface area contributed by atoms with Crippen LogP contribution in [-0.2, 0) is 4.79 Å². The second-order valence-corrected chi connectivity index (χ2v) is 4.56. The van der Waals surface area contributed by atoms with E-state index in [1.807, 2.05) is 27.7 Å². The quantitative estimate of drug-likeness (QED) is 0.589. The molecule has 0 fully saturated rings. The van der Waals surface area contributed by atoms with Crippen molar-refractivity contribution in [3.8, 4) is 0 Å². The molecule has 0 saturated carbocycles. The summed E-state index contributed by atoms with van der Waals surface area (Å²) in [5.74, 6) is -0.0434. The average molecular weight is 168 g/mol. The summed E-state index contributed by atoms with van der Waals surface area (Å²) in [6, 6.07) is 0. The number of carbonyl (C=O) groups is 1. The molecule has 0 unspecified atom stereocenters. The molecule has 0 saturated heterocycles. The Balaban J connectivity index is 2.89. The third kappa shape index (κ3) is 2.41. The van der Waals surface area contributed by atoms with Crippen LogP contribution < -0.4 is 5.32 Å². The maximum Gasteiger partial charge on any atom is 0.247 e. The summed E-state index contributed by atoms with van der Waals surface area (Å²) in [6.45, 7) is 8.05. The third-order valence-corrected chi connectivity index (χ3v) is 1.79. The van der Waals surface area contributed by atoms with Gasteiger partial charge in [0, 0.05) is 23.7 Å². The van der Waals surface area contributed by atoms with Gasteiger partial charge in [-0.25, -0.2) is 4.99 Å². The Morgan fingerprint density at radius 1 is 1.42 bits per heavy atom. The molecule has 1 aliphatic heterocycles. The molecule has 3 nitrogen and oxygen atoms in total. The molecule has 0 spiro atoms. The first kappa shape index (κ1) is 9.39. The molecule has 0 aromatic carbocycles. The van der Waals surface area contributed by atoms with E-state index in [-0.39, 0.29) is 17.0 Å². The lowest BCUT2D eigenvalue weighted by Crippen LogP contribution is -2.52. The van der Waals surface area contributed by atoms with Gasteiger partial charge in [-0.15, -0.1) is 0 Å². The van der Waals surface area contributed by atoms with Gasteiger partial charge in [-0.3, -0.25) is 4.79 Å². The summed E-state index contributed by atoms with van der Waals surface area (Å²) in [6.07, 6.45) is 2.15. The van der Waals surface area contributed by atoms with Crippen LogP contribution in [0.2, 0.25) is 0 Å². The number of aliphatic imine (C=N–C) groups is 1. The summed E-state index contributed by atoms with van der Waals surface area (Å²) < 4.78 is 0. The van der Waals surface area contributed by atoms with Gasteiger partial charge in [0.25, 0.3) is 0 Å². The van der Waals surface area contributed by atoms with Crippen molar-refractivity contribution < 1.29 is 4.79 Å². The first-order valence-corrected chi connectivity index (χ1v) is 4.18. The molecular formula is C9H16N2O. The second-order valence-electron chi connectivity index (χ2n) is 4.56. The maximum absolute atomic E-state index is 11.1. The fourth-order valence-electron chi connectivity index (χ4n) is 1.61. The topological polar surface area (TPSA) is 41.5 Å².